The lowest BCUT2D eigenvalue weighted by Gasteiger charge is -2.18. The Morgan fingerprint density at radius 2 is 1.80 bits per heavy atom. The molecule has 0 spiro atoms. The van der Waals surface area contributed by atoms with Crippen LogP contribution < -0.4 is 15.5 Å². The third kappa shape index (κ3) is 7.42. The predicted molar refractivity (Wildman–Crippen MR) is 188 cm³/mol. The van der Waals surface area contributed by atoms with Crippen molar-refractivity contribution in [1.82, 2.24) is 30.5 Å². The van der Waals surface area contributed by atoms with Gasteiger partial charge in [0.2, 0.25) is 0 Å². The number of unbranched alkanes of at least 4 members (excludes halogenated alkanes) is 2. The first-order chi connectivity index (χ1) is 22.1. The van der Waals surface area contributed by atoms with Gasteiger partial charge in [-0.25, -0.2) is 15.0 Å². The second-order valence-electron chi connectivity index (χ2n) is 12.2. The number of aryl methyl sites for hydroxylation is 2. The lowest BCUT2D eigenvalue weighted by Crippen LogP contribution is -2.29. The Labute approximate surface area is 271 Å². The maximum atomic E-state index is 13.7. The van der Waals surface area contributed by atoms with Gasteiger partial charge >= 0.3 is 0 Å². The molecule has 0 aliphatic rings. The molecule has 5 aromatic rings. The number of pyridine rings is 1. The highest BCUT2D eigenvalue weighted by Gasteiger charge is 2.20. The van der Waals surface area contributed by atoms with E-state index >= 15 is 0 Å². The minimum absolute atomic E-state index is 0.221. The van der Waals surface area contributed by atoms with Crippen molar-refractivity contribution in [3.8, 4) is 11.1 Å². The average Bonchev–Trinajstić information content (AvgIpc) is 3.48. The van der Waals surface area contributed by atoms with Crippen molar-refractivity contribution in [3.05, 3.63) is 101 Å². The summed E-state index contributed by atoms with van der Waals surface area (Å²) in [7, 11) is 3.93. The molecular formula is C37H44N8O. The Hall–Kier alpha value is -5.05. The van der Waals surface area contributed by atoms with Crippen LogP contribution in [0.2, 0.25) is 0 Å². The molecule has 0 unspecified atom stereocenters. The van der Waals surface area contributed by atoms with Gasteiger partial charge in [-0.1, -0.05) is 68.3 Å². The SMILES string of the molecule is C=C(C)c1cc([C@H](C)NC(=O)c2nc(CCCCC)cnc2NCc2ccc(-c3cnc4[nH]nc(N(C)C)c4c3)cc2)ccc1C. The van der Waals surface area contributed by atoms with E-state index in [0.717, 1.165) is 87.2 Å². The average molecular weight is 617 g/mol. The van der Waals surface area contributed by atoms with Crippen LogP contribution in [-0.2, 0) is 13.0 Å². The molecule has 238 valence electrons. The van der Waals surface area contributed by atoms with Crippen molar-refractivity contribution in [2.75, 3.05) is 24.3 Å². The third-order valence-electron chi connectivity index (χ3n) is 8.21. The van der Waals surface area contributed by atoms with Crippen LogP contribution in [-0.4, -0.2) is 45.2 Å². The van der Waals surface area contributed by atoms with Crippen LogP contribution in [0.4, 0.5) is 11.6 Å². The minimum Gasteiger partial charge on any atom is -0.364 e. The third-order valence-corrected chi connectivity index (χ3v) is 8.21. The molecule has 5 rings (SSSR count). The lowest BCUT2D eigenvalue weighted by atomic mass is 9.97. The molecular weight excluding hydrogens is 572 g/mol. The van der Waals surface area contributed by atoms with E-state index < -0.39 is 0 Å². The first-order valence-electron chi connectivity index (χ1n) is 15.9. The fourth-order valence-corrected chi connectivity index (χ4v) is 5.50. The van der Waals surface area contributed by atoms with Crippen LogP contribution >= 0.6 is 0 Å². The molecule has 9 nitrogen and oxygen atoms in total. The second kappa shape index (κ2) is 14.4. The van der Waals surface area contributed by atoms with Gasteiger partial charge in [0.05, 0.1) is 23.3 Å². The standard InChI is InChI=1S/C37H44N8O/c1-8-9-10-11-30-22-40-35(33(42-30)37(46)41-25(5)28-15-12-24(4)31(18-28)23(2)3)38-20-26-13-16-27(17-14-26)29-19-32-34(39-21-29)43-44-36(32)45(6)7/h12-19,21-22,25H,2,8-11,20H2,1,3-7H3,(H,38,40)(H,41,46)(H,39,43,44)/t25-/m0/s1. The molecule has 3 aromatic heterocycles. The van der Waals surface area contributed by atoms with Crippen molar-refractivity contribution < 1.29 is 4.79 Å². The molecule has 0 radical (unpaired) electrons. The molecule has 46 heavy (non-hydrogen) atoms. The number of nitrogens with zero attached hydrogens (tertiary/aromatic N) is 5. The van der Waals surface area contributed by atoms with Gasteiger partial charge in [0, 0.05) is 32.4 Å². The fraction of sp³-hybridized carbons (Fsp3) is 0.324. The van der Waals surface area contributed by atoms with Gasteiger partial charge in [-0.2, -0.15) is 5.10 Å². The summed E-state index contributed by atoms with van der Waals surface area (Å²) in [6.07, 6.45) is 7.65. The number of hydrogen-bond donors (Lipinski definition) is 3. The van der Waals surface area contributed by atoms with Crippen LogP contribution in [0.15, 0.2) is 67.5 Å². The number of amides is 1. The monoisotopic (exact) mass is 616 g/mol. The maximum absolute atomic E-state index is 13.7. The van der Waals surface area contributed by atoms with E-state index in [1.807, 2.05) is 45.1 Å². The molecule has 9 heteroatoms. The van der Waals surface area contributed by atoms with Gasteiger partial charge in [-0.05, 0) is 73.6 Å². The zero-order chi connectivity index (χ0) is 32.8. The van der Waals surface area contributed by atoms with E-state index in [1.165, 1.54) is 0 Å². The van der Waals surface area contributed by atoms with Gasteiger partial charge in [0.1, 0.15) is 0 Å². The fourth-order valence-electron chi connectivity index (χ4n) is 5.50. The molecule has 0 bridgehead atoms. The minimum atomic E-state index is -0.258. The van der Waals surface area contributed by atoms with E-state index in [0.29, 0.717) is 18.1 Å². The summed E-state index contributed by atoms with van der Waals surface area (Å²) in [6.45, 7) is 12.8. The zero-order valence-corrected chi connectivity index (χ0v) is 27.7. The molecule has 1 amide bonds. The van der Waals surface area contributed by atoms with Crippen LogP contribution in [0.1, 0.15) is 84.5 Å². The maximum Gasteiger partial charge on any atom is 0.274 e. The summed E-state index contributed by atoms with van der Waals surface area (Å²) in [5, 5.41) is 14.9. The van der Waals surface area contributed by atoms with Crippen molar-refractivity contribution in [2.45, 2.75) is 66.0 Å². The zero-order valence-electron chi connectivity index (χ0n) is 27.7. The van der Waals surface area contributed by atoms with Crippen LogP contribution in [0.3, 0.4) is 0 Å². The van der Waals surface area contributed by atoms with Crippen LogP contribution in [0.5, 0.6) is 0 Å². The van der Waals surface area contributed by atoms with Gasteiger partial charge in [-0.15, -0.1) is 0 Å². The number of nitrogens with one attached hydrogen (secondary N) is 3. The number of H-pyrrole nitrogens is 1. The second-order valence-corrected chi connectivity index (χ2v) is 12.2. The molecule has 1 atom stereocenters. The number of rotatable bonds is 13. The topological polar surface area (TPSA) is 112 Å². The Kier molecular flexibility index (Phi) is 10.1. The number of carbonyl (C=O) groups excluding carboxylic acids is 1. The summed E-state index contributed by atoms with van der Waals surface area (Å²) >= 11 is 0. The molecule has 2 aromatic carbocycles. The number of anilines is 2. The quantitative estimate of drug-likeness (QED) is 0.116. The Morgan fingerprint density at radius 1 is 1.02 bits per heavy atom. The lowest BCUT2D eigenvalue weighted by molar-refractivity contribution is 0.0935. The molecule has 0 aliphatic carbocycles. The highest BCUT2D eigenvalue weighted by Crippen LogP contribution is 2.28. The number of aromatic nitrogens is 5. The largest absolute Gasteiger partial charge is 0.364 e. The molecule has 0 aliphatic heterocycles. The highest BCUT2D eigenvalue weighted by molar-refractivity contribution is 5.97. The van der Waals surface area contributed by atoms with Gasteiger partial charge in [0.25, 0.3) is 5.91 Å². The molecule has 0 saturated heterocycles. The van der Waals surface area contributed by atoms with E-state index in [-0.39, 0.29) is 11.9 Å². The van der Waals surface area contributed by atoms with Gasteiger partial charge in [-0.3, -0.25) is 9.89 Å². The Morgan fingerprint density at radius 3 is 2.52 bits per heavy atom. The van der Waals surface area contributed by atoms with Crippen LogP contribution in [0.25, 0.3) is 27.7 Å². The predicted octanol–water partition coefficient (Wildman–Crippen LogP) is 7.66. The van der Waals surface area contributed by atoms with Crippen molar-refractivity contribution in [1.29, 1.82) is 0 Å². The normalized spacial score (nSPS) is 11.8. The summed E-state index contributed by atoms with van der Waals surface area (Å²) in [4.78, 5) is 29.7. The van der Waals surface area contributed by atoms with Gasteiger partial charge < -0.3 is 15.5 Å². The first-order valence-corrected chi connectivity index (χ1v) is 15.9. The number of carbonyl (C=O) groups is 1. The molecule has 0 saturated carbocycles. The summed E-state index contributed by atoms with van der Waals surface area (Å²) in [6, 6.07) is 16.4. The molecule has 3 N–H and O–H groups in total. The number of allylic oxidation sites excluding steroid dienone is 1. The Balaban J connectivity index is 1.33. The van der Waals surface area contributed by atoms with Crippen molar-refractivity contribution >= 4 is 34.1 Å². The first kappa shape index (κ1) is 32.3. The summed E-state index contributed by atoms with van der Waals surface area (Å²) in [5.74, 6) is 1.06. The van der Waals surface area contributed by atoms with Crippen LogP contribution in [0, 0.1) is 6.92 Å². The molecule has 0 fully saturated rings. The summed E-state index contributed by atoms with van der Waals surface area (Å²) < 4.78 is 0. The van der Waals surface area contributed by atoms with Crippen molar-refractivity contribution in [3.63, 3.8) is 0 Å². The smallest absolute Gasteiger partial charge is 0.274 e. The number of hydrogen-bond acceptors (Lipinski definition) is 7. The Bertz CT molecular complexity index is 1840. The van der Waals surface area contributed by atoms with E-state index in [2.05, 4.69) is 93.7 Å². The number of fused-ring (bicyclic) bond motifs is 1. The van der Waals surface area contributed by atoms with E-state index in [9.17, 15) is 4.79 Å². The van der Waals surface area contributed by atoms with Crippen molar-refractivity contribution in [2.24, 2.45) is 0 Å². The highest BCUT2D eigenvalue weighted by atomic mass is 16.2. The van der Waals surface area contributed by atoms with Gasteiger partial charge in [0.15, 0.2) is 23.0 Å². The number of aromatic amines is 1. The summed E-state index contributed by atoms with van der Waals surface area (Å²) in [5.41, 5.74) is 9.28. The molecule has 3 heterocycles. The van der Waals surface area contributed by atoms with E-state index in [4.69, 9.17) is 4.98 Å². The van der Waals surface area contributed by atoms with E-state index in [1.54, 1.807) is 6.20 Å². The number of benzene rings is 2.